The normalized spacial score (nSPS) is 15.2. The molecule has 0 rings (SSSR count). The zero-order chi connectivity index (χ0) is 15.9. The Morgan fingerprint density at radius 3 is 1.70 bits per heavy atom. The fourth-order valence-electron chi connectivity index (χ4n) is 2.44. The Morgan fingerprint density at radius 1 is 1.00 bits per heavy atom. The van der Waals surface area contributed by atoms with Crippen LogP contribution in [0.2, 0.25) is 0 Å². The third-order valence-electron chi connectivity index (χ3n) is 3.98. The van der Waals surface area contributed by atoms with Crippen LogP contribution in [0.25, 0.3) is 0 Å². The highest BCUT2D eigenvalue weighted by Crippen LogP contribution is 2.65. The van der Waals surface area contributed by atoms with Gasteiger partial charge in [0.15, 0.2) is 0 Å². The van der Waals surface area contributed by atoms with Gasteiger partial charge in [-0.1, -0.05) is 24.3 Å². The standard InChI is InChI=1S/C16H27O3P/c1-7-11-16(12-8-2,13-9-3)15(5,6)20(17,18)19-14-10-4/h7-10H,1-4,11-14H2,5-6H3,(H,17,18). The van der Waals surface area contributed by atoms with E-state index in [1.165, 1.54) is 6.08 Å². The topological polar surface area (TPSA) is 46.5 Å². The van der Waals surface area contributed by atoms with Gasteiger partial charge in [-0.3, -0.25) is 4.57 Å². The Bertz CT molecular complexity index is 383. The van der Waals surface area contributed by atoms with E-state index in [0.29, 0.717) is 19.3 Å². The van der Waals surface area contributed by atoms with Crippen molar-refractivity contribution in [2.24, 2.45) is 5.41 Å². The molecule has 0 aliphatic heterocycles. The minimum atomic E-state index is -3.84. The summed E-state index contributed by atoms with van der Waals surface area (Å²) in [4.78, 5) is 10.4. The van der Waals surface area contributed by atoms with Crippen LogP contribution in [0.4, 0.5) is 0 Å². The maximum absolute atomic E-state index is 12.6. The Labute approximate surface area is 123 Å². The Kier molecular flexibility index (Phi) is 7.43. The van der Waals surface area contributed by atoms with Crippen molar-refractivity contribution in [3.05, 3.63) is 50.6 Å². The second kappa shape index (κ2) is 7.78. The van der Waals surface area contributed by atoms with Crippen molar-refractivity contribution in [1.82, 2.24) is 0 Å². The molecule has 1 unspecified atom stereocenters. The van der Waals surface area contributed by atoms with E-state index >= 15 is 0 Å². The molecule has 0 saturated carbocycles. The van der Waals surface area contributed by atoms with Crippen LogP contribution in [-0.4, -0.2) is 16.7 Å². The lowest BCUT2D eigenvalue weighted by Gasteiger charge is -2.47. The van der Waals surface area contributed by atoms with Gasteiger partial charge in [-0.25, -0.2) is 0 Å². The molecular formula is C16H27O3P. The van der Waals surface area contributed by atoms with E-state index in [4.69, 9.17) is 4.52 Å². The molecule has 0 saturated heterocycles. The average molecular weight is 298 g/mol. The molecule has 1 N–H and O–H groups in total. The monoisotopic (exact) mass is 298 g/mol. The Morgan fingerprint density at radius 2 is 1.40 bits per heavy atom. The van der Waals surface area contributed by atoms with E-state index in [9.17, 15) is 9.46 Å². The lowest BCUT2D eigenvalue weighted by Crippen LogP contribution is -2.43. The molecule has 4 heteroatoms. The van der Waals surface area contributed by atoms with Crippen LogP contribution in [0.15, 0.2) is 50.6 Å². The Hall–Kier alpha value is -0.890. The van der Waals surface area contributed by atoms with Gasteiger partial charge in [-0.15, -0.1) is 26.3 Å². The first-order valence-corrected chi connectivity index (χ1v) is 8.23. The van der Waals surface area contributed by atoms with Crippen molar-refractivity contribution >= 4 is 7.60 Å². The second-order valence-electron chi connectivity index (χ2n) is 5.42. The van der Waals surface area contributed by atoms with Gasteiger partial charge in [-0.2, -0.15) is 0 Å². The first kappa shape index (κ1) is 19.1. The molecule has 0 heterocycles. The fourth-order valence-corrected chi connectivity index (χ4v) is 3.95. The highest BCUT2D eigenvalue weighted by molar-refractivity contribution is 7.54. The van der Waals surface area contributed by atoms with Gasteiger partial charge in [-0.05, 0) is 38.5 Å². The molecule has 114 valence electrons. The maximum Gasteiger partial charge on any atom is 0.334 e. The van der Waals surface area contributed by atoms with E-state index in [1.807, 2.05) is 0 Å². The lowest BCUT2D eigenvalue weighted by atomic mass is 9.69. The largest absolute Gasteiger partial charge is 0.334 e. The van der Waals surface area contributed by atoms with Crippen LogP contribution in [0.5, 0.6) is 0 Å². The van der Waals surface area contributed by atoms with Gasteiger partial charge >= 0.3 is 7.60 Å². The van der Waals surface area contributed by atoms with Gasteiger partial charge in [0, 0.05) is 0 Å². The lowest BCUT2D eigenvalue weighted by molar-refractivity contribution is 0.164. The Balaban J connectivity index is 5.76. The van der Waals surface area contributed by atoms with Crippen LogP contribution in [0, 0.1) is 5.41 Å². The minimum absolute atomic E-state index is 0.0452. The number of rotatable bonds is 11. The molecule has 0 radical (unpaired) electrons. The summed E-state index contributed by atoms with van der Waals surface area (Å²) in [6.45, 7) is 18.4. The minimum Gasteiger partial charge on any atom is -0.324 e. The number of hydrogen-bond acceptors (Lipinski definition) is 2. The molecule has 0 spiro atoms. The molecule has 0 aromatic rings. The van der Waals surface area contributed by atoms with Crippen LogP contribution in [-0.2, 0) is 9.09 Å². The predicted octanol–water partition coefficient (Wildman–Crippen LogP) is 4.87. The first-order chi connectivity index (χ1) is 9.24. The smallest absolute Gasteiger partial charge is 0.324 e. The summed E-state index contributed by atoms with van der Waals surface area (Å²) < 4.78 is 17.8. The highest BCUT2D eigenvalue weighted by atomic mass is 31.2. The number of hydrogen-bond donors (Lipinski definition) is 1. The summed E-state index contributed by atoms with van der Waals surface area (Å²) in [6.07, 6.45) is 8.52. The highest BCUT2D eigenvalue weighted by Gasteiger charge is 2.54. The summed E-state index contributed by atoms with van der Waals surface area (Å²) in [5.41, 5.74) is -0.496. The molecule has 20 heavy (non-hydrogen) atoms. The molecule has 3 nitrogen and oxygen atoms in total. The SMILES string of the molecule is C=CCOP(=O)(O)C(C)(C)C(CC=C)(CC=C)CC=C. The molecule has 1 atom stereocenters. The van der Waals surface area contributed by atoms with Crippen molar-refractivity contribution < 1.29 is 14.0 Å². The van der Waals surface area contributed by atoms with Crippen LogP contribution in [0.1, 0.15) is 33.1 Å². The molecular weight excluding hydrogens is 271 g/mol. The van der Waals surface area contributed by atoms with Crippen molar-refractivity contribution in [3.63, 3.8) is 0 Å². The third kappa shape index (κ3) is 3.82. The summed E-state index contributed by atoms with van der Waals surface area (Å²) >= 11 is 0. The van der Waals surface area contributed by atoms with Gasteiger partial charge < -0.3 is 9.42 Å². The zero-order valence-corrected chi connectivity index (χ0v) is 13.6. The van der Waals surface area contributed by atoms with E-state index in [1.54, 1.807) is 32.1 Å². The van der Waals surface area contributed by atoms with E-state index in [-0.39, 0.29) is 6.61 Å². The van der Waals surface area contributed by atoms with Gasteiger partial charge in [0.1, 0.15) is 0 Å². The predicted molar refractivity (Wildman–Crippen MR) is 86.9 cm³/mol. The molecule has 0 aromatic heterocycles. The summed E-state index contributed by atoms with van der Waals surface area (Å²) in [5.74, 6) is 0. The van der Waals surface area contributed by atoms with Crippen molar-refractivity contribution in [2.75, 3.05) is 6.61 Å². The van der Waals surface area contributed by atoms with Gasteiger partial charge in [0.05, 0.1) is 11.8 Å². The van der Waals surface area contributed by atoms with E-state index < -0.39 is 18.2 Å². The van der Waals surface area contributed by atoms with Crippen LogP contribution in [0.3, 0.4) is 0 Å². The van der Waals surface area contributed by atoms with Crippen LogP contribution < -0.4 is 0 Å². The maximum atomic E-state index is 12.6. The molecule has 0 bridgehead atoms. The van der Waals surface area contributed by atoms with Crippen LogP contribution >= 0.6 is 7.60 Å². The zero-order valence-electron chi connectivity index (χ0n) is 12.7. The number of allylic oxidation sites excluding steroid dienone is 3. The molecule has 0 amide bonds. The average Bonchev–Trinajstić information content (AvgIpc) is 2.36. The summed E-state index contributed by atoms with van der Waals surface area (Å²) in [6, 6.07) is 0. The molecule has 0 aliphatic carbocycles. The first-order valence-electron chi connectivity index (χ1n) is 6.65. The molecule has 0 fully saturated rings. The summed E-state index contributed by atoms with van der Waals surface area (Å²) in [7, 11) is -3.84. The van der Waals surface area contributed by atoms with Crippen molar-refractivity contribution in [2.45, 2.75) is 38.3 Å². The van der Waals surface area contributed by atoms with Gasteiger partial charge in [0.25, 0.3) is 0 Å². The fraction of sp³-hybridized carbons (Fsp3) is 0.500. The van der Waals surface area contributed by atoms with E-state index in [2.05, 4.69) is 26.3 Å². The van der Waals surface area contributed by atoms with E-state index in [0.717, 1.165) is 0 Å². The molecule has 0 aliphatic rings. The van der Waals surface area contributed by atoms with Gasteiger partial charge in [0.2, 0.25) is 0 Å². The third-order valence-corrected chi connectivity index (χ3v) is 6.36. The summed E-state index contributed by atoms with van der Waals surface area (Å²) in [5, 5.41) is -0.959. The van der Waals surface area contributed by atoms with Crippen molar-refractivity contribution in [3.8, 4) is 0 Å². The van der Waals surface area contributed by atoms with Crippen molar-refractivity contribution in [1.29, 1.82) is 0 Å². The quantitative estimate of drug-likeness (QED) is 0.437. The molecule has 0 aromatic carbocycles. The second-order valence-corrected chi connectivity index (χ2v) is 7.84.